The Hall–Kier alpha value is -4.87. The molecule has 5 heterocycles. The molecular weight excluding hydrogens is 800 g/mol. The van der Waals surface area contributed by atoms with Gasteiger partial charge in [0.2, 0.25) is 11.8 Å². The summed E-state index contributed by atoms with van der Waals surface area (Å²) in [6.45, 7) is 2.43. The normalized spacial score (nSPS) is 21.0. The van der Waals surface area contributed by atoms with Gasteiger partial charge in [0.25, 0.3) is 5.91 Å². The Morgan fingerprint density at radius 2 is 1.76 bits per heavy atom. The van der Waals surface area contributed by atoms with E-state index >= 15 is 4.39 Å². The number of aryl methyl sites for hydroxylation is 1. The molecule has 3 aliphatic rings. The van der Waals surface area contributed by atoms with Crippen LogP contribution in [0, 0.1) is 11.7 Å². The first kappa shape index (κ1) is 39.9. The molecule has 306 valence electrons. The van der Waals surface area contributed by atoms with Gasteiger partial charge >= 0.3 is 11.9 Å². The molecule has 18 heteroatoms. The second kappa shape index (κ2) is 15.7. The minimum absolute atomic E-state index is 0.154. The van der Waals surface area contributed by atoms with E-state index < -0.39 is 41.2 Å². The predicted octanol–water partition coefficient (Wildman–Crippen LogP) is 7.26. The van der Waals surface area contributed by atoms with Crippen molar-refractivity contribution in [3.8, 4) is 0 Å². The monoisotopic (exact) mass is 840 g/mol. The number of imide groups is 1. The van der Waals surface area contributed by atoms with Gasteiger partial charge < -0.3 is 15.1 Å². The van der Waals surface area contributed by atoms with Gasteiger partial charge in [0.1, 0.15) is 23.2 Å². The van der Waals surface area contributed by atoms with Crippen LogP contribution in [0.2, 0.25) is 5.02 Å². The molecule has 0 radical (unpaired) electrons. The topological polar surface area (TPSA) is 134 Å². The summed E-state index contributed by atoms with van der Waals surface area (Å²) < 4.78 is 58.0. The molecule has 5 aromatic rings. The highest BCUT2D eigenvalue weighted by atomic mass is 35.5. The van der Waals surface area contributed by atoms with Crippen LogP contribution in [0.4, 0.5) is 28.9 Å². The van der Waals surface area contributed by atoms with Crippen molar-refractivity contribution >= 4 is 73.3 Å². The Morgan fingerprint density at radius 1 is 1.02 bits per heavy atom. The number of pyridine rings is 1. The number of carbonyl (C=O) groups is 3. The quantitative estimate of drug-likeness (QED) is 0.123. The number of imidazole rings is 1. The van der Waals surface area contributed by atoms with Crippen LogP contribution >= 0.6 is 22.9 Å². The lowest BCUT2D eigenvalue weighted by Crippen LogP contribution is -2.45. The van der Waals surface area contributed by atoms with E-state index in [1.807, 2.05) is 0 Å². The number of thiazole rings is 1. The fraction of sp³-hybridized carbons (Fsp3) is 0.450. The Morgan fingerprint density at radius 3 is 2.47 bits per heavy atom. The van der Waals surface area contributed by atoms with Crippen molar-refractivity contribution < 1.29 is 31.9 Å². The first-order valence-corrected chi connectivity index (χ1v) is 20.5. The molecule has 2 saturated heterocycles. The average molecular weight is 841 g/mol. The number of nitrogens with one attached hydrogen (secondary N) is 2. The van der Waals surface area contributed by atoms with Gasteiger partial charge in [-0.25, -0.2) is 19.2 Å². The van der Waals surface area contributed by atoms with Crippen LogP contribution in [-0.4, -0.2) is 74.4 Å². The summed E-state index contributed by atoms with van der Waals surface area (Å²) in [5.74, 6) is -1.79. The molecule has 1 aliphatic carbocycles. The summed E-state index contributed by atoms with van der Waals surface area (Å²) in [6.07, 6.45) is 1.40. The minimum Gasteiger partial charge on any atom is -0.368 e. The maximum atomic E-state index is 15.0. The van der Waals surface area contributed by atoms with Crippen LogP contribution in [0.3, 0.4) is 0 Å². The zero-order valence-electron chi connectivity index (χ0n) is 31.7. The number of nitrogens with zero attached hydrogens (tertiary/aromatic N) is 6. The van der Waals surface area contributed by atoms with E-state index in [1.54, 1.807) is 23.7 Å². The first-order valence-electron chi connectivity index (χ1n) is 19.3. The summed E-state index contributed by atoms with van der Waals surface area (Å²) >= 11 is 8.25. The molecular formula is C40H41ClF4N8O4S. The van der Waals surface area contributed by atoms with Crippen molar-refractivity contribution in [2.75, 3.05) is 36.9 Å². The lowest BCUT2D eigenvalue weighted by Gasteiger charge is -2.40. The van der Waals surface area contributed by atoms with Crippen LogP contribution in [0.25, 0.3) is 21.3 Å². The van der Waals surface area contributed by atoms with Crippen molar-refractivity contribution in [1.29, 1.82) is 0 Å². The lowest BCUT2D eigenvalue weighted by molar-refractivity contribution is -0.141. The van der Waals surface area contributed by atoms with E-state index in [0.717, 1.165) is 87.1 Å². The van der Waals surface area contributed by atoms with E-state index in [2.05, 4.69) is 32.5 Å². The highest BCUT2D eigenvalue weighted by molar-refractivity contribution is 7.18. The zero-order chi connectivity index (χ0) is 41.0. The van der Waals surface area contributed by atoms with E-state index in [-0.39, 0.29) is 36.0 Å². The Labute approximate surface area is 339 Å². The van der Waals surface area contributed by atoms with Crippen LogP contribution in [-0.2, 0) is 22.8 Å². The number of anilines is 2. The van der Waals surface area contributed by atoms with E-state index in [0.29, 0.717) is 38.2 Å². The molecule has 3 fully saturated rings. The molecule has 1 atom stereocenters. The average Bonchev–Trinajstić information content (AvgIpc) is 3.72. The number of halogens is 5. The largest absolute Gasteiger partial charge is 0.433 e. The zero-order valence-corrected chi connectivity index (χ0v) is 33.3. The molecule has 12 nitrogen and oxygen atoms in total. The molecule has 3 aromatic heterocycles. The molecule has 2 N–H and O–H groups in total. The minimum atomic E-state index is -4.72. The van der Waals surface area contributed by atoms with Gasteiger partial charge in [0, 0.05) is 51.1 Å². The second-order valence-corrected chi connectivity index (χ2v) is 17.0. The first-order chi connectivity index (χ1) is 27.7. The van der Waals surface area contributed by atoms with Gasteiger partial charge in [-0.3, -0.25) is 28.8 Å². The highest BCUT2D eigenvalue weighted by Gasteiger charge is 2.35. The van der Waals surface area contributed by atoms with Crippen molar-refractivity contribution in [3.63, 3.8) is 0 Å². The third-order valence-electron chi connectivity index (χ3n) is 11.9. The van der Waals surface area contributed by atoms with Gasteiger partial charge in [0.15, 0.2) is 0 Å². The van der Waals surface area contributed by atoms with E-state index in [1.165, 1.54) is 28.0 Å². The standard InChI is InChI=1S/C40H41ClF4N8O4S/c1-50(23-14-16-52(17-15-23)34-24(41)10-11-29-35(34)51(2)39(57)53(29)30-12-13-33(54)49-37(30)56)20-21-6-8-22(9-7-21)38-48-28-18-25(42)27(19-31(28)58-38)47-36(55)26-4-3-5-32(46-26)40(43,44)45/h3-5,10-11,18-19,21-23,30H,6-9,12-17,20H2,1-2H3,(H,47,55)(H,49,54,56). The molecule has 8 rings (SSSR count). The Kier molecular flexibility index (Phi) is 10.8. The fourth-order valence-corrected chi connectivity index (χ4v) is 10.2. The number of amides is 3. The van der Waals surface area contributed by atoms with E-state index in [4.69, 9.17) is 16.6 Å². The fourth-order valence-electron chi connectivity index (χ4n) is 8.78. The van der Waals surface area contributed by atoms with Gasteiger partial charge in [-0.15, -0.1) is 11.3 Å². The van der Waals surface area contributed by atoms with Gasteiger partial charge in [0.05, 0.1) is 42.7 Å². The van der Waals surface area contributed by atoms with Crippen LogP contribution < -0.4 is 21.2 Å². The summed E-state index contributed by atoms with van der Waals surface area (Å²) in [5, 5.41) is 6.15. The smallest absolute Gasteiger partial charge is 0.368 e. The number of alkyl halides is 3. The molecule has 3 amide bonds. The number of benzene rings is 2. The van der Waals surface area contributed by atoms with Crippen LogP contribution in [0.15, 0.2) is 47.3 Å². The Balaban J connectivity index is 0.868. The number of piperidine rings is 2. The number of carbonyl (C=O) groups excluding carboxylic acids is 3. The number of hydrogen-bond donors (Lipinski definition) is 2. The predicted molar refractivity (Wildman–Crippen MR) is 213 cm³/mol. The Bertz CT molecular complexity index is 2490. The summed E-state index contributed by atoms with van der Waals surface area (Å²) in [4.78, 5) is 63.5. The van der Waals surface area contributed by atoms with Gasteiger partial charge in [-0.1, -0.05) is 17.7 Å². The van der Waals surface area contributed by atoms with Crippen molar-refractivity contribution in [2.45, 2.75) is 75.5 Å². The third-order valence-corrected chi connectivity index (χ3v) is 13.3. The molecule has 2 aromatic carbocycles. The van der Waals surface area contributed by atoms with Crippen LogP contribution in [0.1, 0.15) is 84.5 Å². The second-order valence-electron chi connectivity index (χ2n) is 15.5. The lowest BCUT2D eigenvalue weighted by atomic mass is 9.82. The summed E-state index contributed by atoms with van der Waals surface area (Å²) in [7, 11) is 3.86. The molecule has 0 bridgehead atoms. The number of fused-ring (bicyclic) bond motifs is 2. The van der Waals surface area contributed by atoms with Gasteiger partial charge in [-0.2, -0.15) is 13.2 Å². The molecule has 2 aliphatic heterocycles. The number of aromatic nitrogens is 4. The van der Waals surface area contributed by atoms with Crippen molar-refractivity contribution in [1.82, 2.24) is 29.3 Å². The molecule has 1 unspecified atom stereocenters. The SMILES string of the molecule is CN(CC1CCC(c2nc3cc(F)c(NC(=O)c4cccc(C(F)(F)F)n4)cc3s2)CC1)C1CCN(c2c(Cl)ccc3c2n(C)c(=O)n3C2CCC(=O)NC2=O)CC1. The third kappa shape index (κ3) is 7.71. The number of hydrogen-bond acceptors (Lipinski definition) is 9. The van der Waals surface area contributed by atoms with E-state index in [9.17, 15) is 32.3 Å². The summed E-state index contributed by atoms with van der Waals surface area (Å²) in [5.41, 5.74) is 0.352. The highest BCUT2D eigenvalue weighted by Crippen LogP contribution is 2.41. The molecule has 1 saturated carbocycles. The molecule has 58 heavy (non-hydrogen) atoms. The molecule has 0 spiro atoms. The maximum Gasteiger partial charge on any atom is 0.433 e. The number of rotatable bonds is 8. The van der Waals surface area contributed by atoms with Crippen molar-refractivity contribution in [2.24, 2.45) is 13.0 Å². The van der Waals surface area contributed by atoms with Gasteiger partial charge in [-0.05, 0) is 88.2 Å². The van der Waals surface area contributed by atoms with Crippen LogP contribution in [0.5, 0.6) is 0 Å². The van der Waals surface area contributed by atoms with Crippen molar-refractivity contribution in [3.05, 3.63) is 80.2 Å². The maximum absolute atomic E-state index is 15.0. The summed E-state index contributed by atoms with van der Waals surface area (Å²) in [6, 6.07) is 8.82.